The van der Waals surface area contributed by atoms with Gasteiger partial charge in [0.05, 0.1) is 4.90 Å². The van der Waals surface area contributed by atoms with Crippen LogP contribution >= 0.6 is 0 Å². The van der Waals surface area contributed by atoms with Gasteiger partial charge in [-0.05, 0) is 49.9 Å². The topological polar surface area (TPSA) is 86.8 Å². The molecule has 0 aromatic heterocycles. The zero-order valence-electron chi connectivity index (χ0n) is 20.7. The van der Waals surface area contributed by atoms with Crippen LogP contribution in [-0.2, 0) is 26.2 Å². The molecule has 0 saturated heterocycles. The summed E-state index contributed by atoms with van der Waals surface area (Å²) < 4.78 is 26.7. The van der Waals surface area contributed by atoms with Crippen molar-refractivity contribution < 1.29 is 18.0 Å². The van der Waals surface area contributed by atoms with Gasteiger partial charge in [-0.25, -0.2) is 12.7 Å². The highest BCUT2D eigenvalue weighted by Crippen LogP contribution is 2.17. The first-order valence-corrected chi connectivity index (χ1v) is 13.3. The Morgan fingerprint density at radius 1 is 1.00 bits per heavy atom. The van der Waals surface area contributed by atoms with Crippen molar-refractivity contribution in [2.75, 3.05) is 20.1 Å². The van der Waals surface area contributed by atoms with E-state index >= 15 is 0 Å². The van der Waals surface area contributed by atoms with Crippen LogP contribution < -0.4 is 5.32 Å². The van der Waals surface area contributed by atoms with Gasteiger partial charge in [0.1, 0.15) is 6.04 Å². The van der Waals surface area contributed by atoms with Crippen LogP contribution in [0.15, 0.2) is 59.5 Å². The Balaban J connectivity index is 2.07. The first kappa shape index (κ1) is 27.5. The molecule has 7 nitrogen and oxygen atoms in total. The maximum atomic E-state index is 13.2. The Kier molecular flexibility index (Phi) is 10.7. The van der Waals surface area contributed by atoms with Crippen LogP contribution in [0.3, 0.4) is 0 Å². The monoisotopic (exact) mass is 487 g/mol. The van der Waals surface area contributed by atoms with Crippen molar-refractivity contribution in [1.82, 2.24) is 14.5 Å². The van der Waals surface area contributed by atoms with Crippen molar-refractivity contribution in [3.05, 3.63) is 65.7 Å². The summed E-state index contributed by atoms with van der Waals surface area (Å²) in [6, 6.07) is 15.4. The van der Waals surface area contributed by atoms with E-state index in [2.05, 4.69) is 12.2 Å². The van der Waals surface area contributed by atoms with Crippen LogP contribution in [0.25, 0.3) is 0 Å². The Labute approximate surface area is 204 Å². The largest absolute Gasteiger partial charge is 0.354 e. The van der Waals surface area contributed by atoms with E-state index in [1.165, 1.54) is 11.4 Å². The van der Waals surface area contributed by atoms with E-state index in [0.29, 0.717) is 19.5 Å². The molecule has 0 spiro atoms. The maximum absolute atomic E-state index is 13.2. The van der Waals surface area contributed by atoms with E-state index in [1.54, 1.807) is 42.2 Å². The van der Waals surface area contributed by atoms with Gasteiger partial charge in [-0.15, -0.1) is 0 Å². The van der Waals surface area contributed by atoms with E-state index in [4.69, 9.17) is 0 Å². The van der Waals surface area contributed by atoms with Gasteiger partial charge in [0.2, 0.25) is 21.8 Å². The number of amides is 2. The third-order valence-electron chi connectivity index (χ3n) is 5.91. The van der Waals surface area contributed by atoms with Gasteiger partial charge in [-0.2, -0.15) is 0 Å². The molecule has 0 fully saturated rings. The van der Waals surface area contributed by atoms with Crippen molar-refractivity contribution in [2.45, 2.75) is 63.9 Å². The average Bonchev–Trinajstić information content (AvgIpc) is 2.83. The average molecular weight is 488 g/mol. The number of carbonyl (C=O) groups excluding carboxylic acids is 2. The van der Waals surface area contributed by atoms with Gasteiger partial charge in [0.25, 0.3) is 0 Å². The van der Waals surface area contributed by atoms with Crippen LogP contribution in [0.2, 0.25) is 0 Å². The molecule has 1 N–H and O–H groups in total. The molecule has 0 heterocycles. The molecule has 0 saturated carbocycles. The summed E-state index contributed by atoms with van der Waals surface area (Å²) in [6.07, 6.45) is 2.36. The summed E-state index contributed by atoms with van der Waals surface area (Å²) in [4.78, 5) is 27.7. The molecule has 2 amide bonds. The second-order valence-corrected chi connectivity index (χ2v) is 10.6. The zero-order chi connectivity index (χ0) is 25.1. The summed E-state index contributed by atoms with van der Waals surface area (Å²) in [7, 11) is -2.09. The van der Waals surface area contributed by atoms with Crippen LogP contribution in [0, 0.1) is 6.92 Å². The smallest absolute Gasteiger partial charge is 0.242 e. The molecule has 0 bridgehead atoms. The number of hydrogen-bond acceptors (Lipinski definition) is 4. The number of nitrogens with zero attached hydrogens (tertiary/aromatic N) is 2. The third kappa shape index (κ3) is 7.67. The molecule has 1 atom stereocenters. The first-order chi connectivity index (χ1) is 16.2. The van der Waals surface area contributed by atoms with Gasteiger partial charge >= 0.3 is 0 Å². The molecule has 0 aliphatic rings. The minimum atomic E-state index is -3.61. The predicted molar refractivity (Wildman–Crippen MR) is 135 cm³/mol. The van der Waals surface area contributed by atoms with E-state index in [0.717, 1.165) is 24.0 Å². The first-order valence-electron chi connectivity index (χ1n) is 11.8. The van der Waals surface area contributed by atoms with E-state index in [1.807, 2.05) is 31.2 Å². The number of carbonyl (C=O) groups is 2. The van der Waals surface area contributed by atoms with Gasteiger partial charge in [0, 0.05) is 33.1 Å². The Morgan fingerprint density at radius 3 is 2.29 bits per heavy atom. The normalized spacial score (nSPS) is 12.4. The fourth-order valence-electron chi connectivity index (χ4n) is 3.58. The molecule has 0 aliphatic carbocycles. The molecule has 2 rings (SSSR count). The van der Waals surface area contributed by atoms with E-state index < -0.39 is 16.1 Å². The Bertz CT molecular complexity index is 1040. The minimum Gasteiger partial charge on any atom is -0.354 e. The number of aryl methyl sites for hydroxylation is 1. The number of unbranched alkanes of at least 4 members (excludes halogenated alkanes) is 1. The Morgan fingerprint density at radius 2 is 1.65 bits per heavy atom. The van der Waals surface area contributed by atoms with Crippen LogP contribution in [-0.4, -0.2) is 55.6 Å². The number of nitrogens with one attached hydrogen (secondary N) is 1. The lowest BCUT2D eigenvalue weighted by atomic mass is 10.1. The fourth-order valence-corrected chi connectivity index (χ4v) is 4.81. The number of sulfonamides is 1. The van der Waals surface area contributed by atoms with Gasteiger partial charge < -0.3 is 10.2 Å². The van der Waals surface area contributed by atoms with E-state index in [-0.39, 0.29) is 29.7 Å². The summed E-state index contributed by atoms with van der Waals surface area (Å²) in [5.74, 6) is -0.355. The molecule has 0 unspecified atom stereocenters. The predicted octanol–water partition coefficient (Wildman–Crippen LogP) is 3.73. The number of rotatable bonds is 13. The van der Waals surface area contributed by atoms with Crippen molar-refractivity contribution in [1.29, 1.82) is 0 Å². The Hall–Kier alpha value is -2.71. The molecular formula is C26H37N3O4S. The lowest BCUT2D eigenvalue weighted by Crippen LogP contribution is -2.48. The van der Waals surface area contributed by atoms with E-state index in [9.17, 15) is 18.0 Å². The van der Waals surface area contributed by atoms with Crippen molar-refractivity contribution in [2.24, 2.45) is 0 Å². The molecule has 0 aliphatic heterocycles. The molecule has 186 valence electrons. The standard InChI is InChI=1S/C26H37N3O4S/c1-5-6-18-27-26(31)22(3)29(20-23-14-11-10-13-21(23)2)25(30)17-12-19-28(4)34(32,33)24-15-8-7-9-16-24/h7-11,13-16,22H,5-6,12,17-20H2,1-4H3,(H,27,31)/t22-/m1/s1. The zero-order valence-corrected chi connectivity index (χ0v) is 21.5. The SMILES string of the molecule is CCCCNC(=O)[C@@H](C)N(Cc1ccccc1C)C(=O)CCCN(C)S(=O)(=O)c1ccccc1. The molecule has 2 aromatic rings. The van der Waals surface area contributed by atoms with Gasteiger partial charge in [-0.1, -0.05) is 55.8 Å². The molecule has 2 aromatic carbocycles. The lowest BCUT2D eigenvalue weighted by Gasteiger charge is -2.29. The quantitative estimate of drug-likeness (QED) is 0.436. The summed E-state index contributed by atoms with van der Waals surface area (Å²) >= 11 is 0. The second kappa shape index (κ2) is 13.2. The second-order valence-electron chi connectivity index (χ2n) is 8.51. The molecule has 34 heavy (non-hydrogen) atoms. The minimum absolute atomic E-state index is 0.146. The lowest BCUT2D eigenvalue weighted by molar-refractivity contribution is -0.140. The fraction of sp³-hybridized carbons (Fsp3) is 0.462. The highest BCUT2D eigenvalue weighted by atomic mass is 32.2. The highest BCUT2D eigenvalue weighted by molar-refractivity contribution is 7.89. The summed E-state index contributed by atoms with van der Waals surface area (Å²) in [6.45, 7) is 6.88. The van der Waals surface area contributed by atoms with Gasteiger partial charge in [0.15, 0.2) is 0 Å². The van der Waals surface area contributed by atoms with Crippen LogP contribution in [0.4, 0.5) is 0 Å². The molecule has 0 radical (unpaired) electrons. The molecular weight excluding hydrogens is 450 g/mol. The maximum Gasteiger partial charge on any atom is 0.242 e. The van der Waals surface area contributed by atoms with Crippen molar-refractivity contribution in [3.63, 3.8) is 0 Å². The summed E-state index contributed by atoms with van der Waals surface area (Å²) in [5, 5.41) is 2.91. The summed E-state index contributed by atoms with van der Waals surface area (Å²) in [5.41, 5.74) is 2.03. The van der Waals surface area contributed by atoms with Crippen LogP contribution in [0.1, 0.15) is 50.7 Å². The van der Waals surface area contributed by atoms with Crippen molar-refractivity contribution in [3.8, 4) is 0 Å². The van der Waals surface area contributed by atoms with Crippen molar-refractivity contribution >= 4 is 21.8 Å². The third-order valence-corrected chi connectivity index (χ3v) is 7.78. The number of benzene rings is 2. The van der Waals surface area contributed by atoms with Crippen LogP contribution in [0.5, 0.6) is 0 Å². The van der Waals surface area contributed by atoms with Gasteiger partial charge in [-0.3, -0.25) is 9.59 Å². The molecule has 8 heteroatoms. The number of hydrogen-bond donors (Lipinski definition) is 1. The highest BCUT2D eigenvalue weighted by Gasteiger charge is 2.27.